The maximum atomic E-state index is 12.5. The van der Waals surface area contributed by atoms with Crippen molar-refractivity contribution in [2.75, 3.05) is 5.75 Å². The van der Waals surface area contributed by atoms with Gasteiger partial charge in [0.1, 0.15) is 0 Å². The van der Waals surface area contributed by atoms with Crippen LogP contribution >= 0.6 is 11.8 Å². The van der Waals surface area contributed by atoms with Crippen LogP contribution in [0.1, 0.15) is 0 Å². The van der Waals surface area contributed by atoms with Gasteiger partial charge in [0.15, 0.2) is 11.9 Å². The van der Waals surface area contributed by atoms with Gasteiger partial charge in [-0.05, 0) is 12.1 Å². The van der Waals surface area contributed by atoms with E-state index in [4.69, 9.17) is 5.11 Å². The van der Waals surface area contributed by atoms with Gasteiger partial charge < -0.3 is 5.11 Å². The highest BCUT2D eigenvalue weighted by Crippen LogP contribution is 2.28. The molecule has 25 heavy (non-hydrogen) atoms. The maximum absolute atomic E-state index is 12.5. The van der Waals surface area contributed by atoms with Gasteiger partial charge in [-0.25, -0.2) is 9.67 Å². The molecule has 0 aliphatic rings. The number of thioether (sulfide) groups is 1. The van der Waals surface area contributed by atoms with Crippen molar-refractivity contribution >= 4 is 11.8 Å². The second-order valence-corrected chi connectivity index (χ2v) is 6.19. The Labute approximate surface area is 146 Å². The topological polar surface area (TPSA) is 50.9 Å². The third-order valence-electron chi connectivity index (χ3n) is 3.37. The molecule has 1 aromatic heterocycles. The predicted octanol–water partition coefficient (Wildman–Crippen LogP) is 3.95. The molecule has 4 nitrogen and oxygen atoms in total. The summed E-state index contributed by atoms with van der Waals surface area (Å²) >= 11 is 0.767. The van der Waals surface area contributed by atoms with Crippen molar-refractivity contribution in [3.05, 3.63) is 60.7 Å². The van der Waals surface area contributed by atoms with Crippen LogP contribution in [0.25, 0.3) is 17.1 Å². The molecule has 0 unspecified atom stereocenters. The minimum Gasteiger partial charge on any atom is -0.383 e. The quantitative estimate of drug-likeness (QED) is 0.696. The highest BCUT2D eigenvalue weighted by atomic mass is 32.2. The Bertz CT molecular complexity index is 765. The smallest absolute Gasteiger partial charge is 0.383 e. The maximum Gasteiger partial charge on any atom is 0.415 e. The van der Waals surface area contributed by atoms with Gasteiger partial charge in [0.05, 0.1) is 5.69 Å². The fourth-order valence-corrected chi connectivity index (χ4v) is 2.91. The first kappa shape index (κ1) is 17.5. The molecule has 0 aliphatic heterocycles. The number of para-hydroxylation sites is 1. The normalized spacial score (nSPS) is 13.0. The molecule has 0 amide bonds. The van der Waals surface area contributed by atoms with Crippen LogP contribution in [0.4, 0.5) is 13.2 Å². The first-order valence-electron chi connectivity index (χ1n) is 7.40. The minimum atomic E-state index is -4.66. The van der Waals surface area contributed by atoms with Gasteiger partial charge in [0.25, 0.3) is 0 Å². The average molecular weight is 365 g/mol. The number of hydrogen-bond acceptors (Lipinski definition) is 4. The third-order valence-corrected chi connectivity index (χ3v) is 4.28. The van der Waals surface area contributed by atoms with Crippen molar-refractivity contribution in [1.82, 2.24) is 14.8 Å². The lowest BCUT2D eigenvalue weighted by Gasteiger charge is -2.12. The van der Waals surface area contributed by atoms with Crippen LogP contribution in [-0.4, -0.2) is 37.9 Å². The number of halogens is 3. The molecule has 0 fully saturated rings. The van der Waals surface area contributed by atoms with Crippen LogP contribution < -0.4 is 0 Å². The minimum absolute atomic E-state index is 0.172. The van der Waals surface area contributed by atoms with Gasteiger partial charge in [0.2, 0.25) is 5.16 Å². The van der Waals surface area contributed by atoms with Crippen molar-refractivity contribution < 1.29 is 18.3 Å². The fraction of sp³-hybridized carbons (Fsp3) is 0.176. The summed E-state index contributed by atoms with van der Waals surface area (Å²) in [6.45, 7) is 0. The summed E-state index contributed by atoms with van der Waals surface area (Å²) in [6.07, 6.45) is -7.07. The van der Waals surface area contributed by atoms with Crippen molar-refractivity contribution in [1.29, 1.82) is 0 Å². The first-order chi connectivity index (χ1) is 11.9. The molecule has 3 aromatic rings. The summed E-state index contributed by atoms with van der Waals surface area (Å²) < 4.78 is 39.0. The Morgan fingerprint density at radius 1 is 1.00 bits per heavy atom. The van der Waals surface area contributed by atoms with Gasteiger partial charge in [-0.2, -0.15) is 13.2 Å². The van der Waals surface area contributed by atoms with Crippen molar-refractivity contribution in [3.63, 3.8) is 0 Å². The highest BCUT2D eigenvalue weighted by Gasteiger charge is 2.38. The largest absolute Gasteiger partial charge is 0.415 e. The first-order valence-corrected chi connectivity index (χ1v) is 8.39. The Morgan fingerprint density at radius 3 is 2.20 bits per heavy atom. The summed E-state index contributed by atoms with van der Waals surface area (Å²) in [6, 6.07) is 18.5. The standard InChI is InChI=1S/C17H14F3N3OS/c18-17(19,20)14(24)11-25-16-21-15(12-7-3-1-4-8-12)23(22-16)13-9-5-2-6-10-13/h1-10,14,24H,11H2/t14-/m0/s1. The van der Waals surface area contributed by atoms with Gasteiger partial charge in [-0.3, -0.25) is 0 Å². The van der Waals surface area contributed by atoms with E-state index in [0.29, 0.717) is 5.82 Å². The molecule has 3 rings (SSSR count). The third kappa shape index (κ3) is 4.21. The van der Waals surface area contributed by atoms with E-state index in [1.54, 1.807) is 4.68 Å². The fourth-order valence-electron chi connectivity index (χ4n) is 2.13. The van der Waals surface area contributed by atoms with Gasteiger partial charge >= 0.3 is 6.18 Å². The van der Waals surface area contributed by atoms with Crippen molar-refractivity contribution in [2.24, 2.45) is 0 Å². The van der Waals surface area contributed by atoms with Crippen LogP contribution in [0.15, 0.2) is 65.8 Å². The predicted molar refractivity (Wildman–Crippen MR) is 89.6 cm³/mol. The second-order valence-electron chi connectivity index (χ2n) is 5.20. The molecule has 0 bridgehead atoms. The van der Waals surface area contributed by atoms with Crippen LogP contribution in [0, 0.1) is 0 Å². The molecular weight excluding hydrogens is 351 g/mol. The molecule has 0 saturated carbocycles. The molecule has 0 radical (unpaired) electrons. The van der Waals surface area contributed by atoms with E-state index in [1.165, 1.54) is 0 Å². The number of aromatic nitrogens is 3. The Hall–Kier alpha value is -2.32. The number of hydrogen-bond donors (Lipinski definition) is 1. The molecular formula is C17H14F3N3OS. The Morgan fingerprint density at radius 2 is 1.60 bits per heavy atom. The summed E-state index contributed by atoms with van der Waals surface area (Å²) in [4.78, 5) is 4.35. The summed E-state index contributed by atoms with van der Waals surface area (Å²) in [5.41, 5.74) is 1.54. The van der Waals surface area contributed by atoms with Crippen molar-refractivity contribution in [2.45, 2.75) is 17.4 Å². The van der Waals surface area contributed by atoms with E-state index in [-0.39, 0.29) is 5.16 Å². The van der Waals surface area contributed by atoms with E-state index in [0.717, 1.165) is 23.0 Å². The highest BCUT2D eigenvalue weighted by molar-refractivity contribution is 7.99. The van der Waals surface area contributed by atoms with Crippen LogP contribution in [-0.2, 0) is 0 Å². The van der Waals surface area contributed by atoms with E-state index in [2.05, 4.69) is 10.1 Å². The number of benzene rings is 2. The lowest BCUT2D eigenvalue weighted by atomic mass is 10.2. The second kappa shape index (κ2) is 7.28. The monoisotopic (exact) mass is 365 g/mol. The van der Waals surface area contributed by atoms with E-state index in [1.807, 2.05) is 60.7 Å². The SMILES string of the molecule is O[C@@H](CSc1nc(-c2ccccc2)n(-c2ccccc2)n1)C(F)(F)F. The number of rotatable bonds is 5. The van der Waals surface area contributed by atoms with E-state index >= 15 is 0 Å². The molecule has 130 valence electrons. The van der Waals surface area contributed by atoms with E-state index < -0.39 is 18.0 Å². The number of aliphatic hydroxyl groups is 1. The van der Waals surface area contributed by atoms with E-state index in [9.17, 15) is 13.2 Å². The Kier molecular flexibility index (Phi) is 5.10. The molecule has 2 aromatic carbocycles. The zero-order valence-corrected chi connectivity index (χ0v) is 13.7. The van der Waals surface area contributed by atoms with Crippen LogP contribution in [0.3, 0.4) is 0 Å². The number of alkyl halides is 3. The zero-order chi connectivity index (χ0) is 17.9. The average Bonchev–Trinajstić information content (AvgIpc) is 3.04. The number of nitrogens with zero attached hydrogens (tertiary/aromatic N) is 3. The molecule has 1 N–H and O–H groups in total. The molecule has 0 saturated heterocycles. The summed E-state index contributed by atoms with van der Waals surface area (Å²) in [5, 5.41) is 13.6. The van der Waals surface area contributed by atoms with Crippen LogP contribution in [0.2, 0.25) is 0 Å². The summed E-state index contributed by atoms with van der Waals surface area (Å²) in [7, 11) is 0. The lowest BCUT2D eigenvalue weighted by Crippen LogP contribution is -2.30. The Balaban J connectivity index is 1.93. The zero-order valence-electron chi connectivity index (χ0n) is 12.9. The summed E-state index contributed by atoms with van der Waals surface area (Å²) in [5.74, 6) is -0.0351. The van der Waals surface area contributed by atoms with Gasteiger partial charge in [-0.15, -0.1) is 5.10 Å². The molecule has 1 atom stereocenters. The van der Waals surface area contributed by atoms with Crippen molar-refractivity contribution in [3.8, 4) is 17.1 Å². The van der Waals surface area contributed by atoms with Crippen LogP contribution in [0.5, 0.6) is 0 Å². The lowest BCUT2D eigenvalue weighted by molar-refractivity contribution is -0.195. The molecule has 0 spiro atoms. The number of aliphatic hydroxyl groups excluding tert-OH is 1. The molecule has 1 heterocycles. The van der Waals surface area contributed by atoms with Gasteiger partial charge in [-0.1, -0.05) is 60.3 Å². The molecule has 8 heteroatoms. The van der Waals surface area contributed by atoms with Gasteiger partial charge in [0, 0.05) is 11.3 Å². The molecule has 0 aliphatic carbocycles.